The number of benzene rings is 1. The highest BCUT2D eigenvalue weighted by atomic mass is 19.1. The van der Waals surface area contributed by atoms with E-state index in [0.29, 0.717) is 11.4 Å². The molecule has 0 bridgehead atoms. The fourth-order valence-electron chi connectivity index (χ4n) is 1.85. The lowest BCUT2D eigenvalue weighted by Crippen LogP contribution is -2.40. The van der Waals surface area contributed by atoms with E-state index in [-0.39, 0.29) is 12.6 Å². The molecule has 1 heterocycles. The molecule has 0 saturated carbocycles. The van der Waals surface area contributed by atoms with Gasteiger partial charge in [-0.1, -0.05) is 0 Å². The summed E-state index contributed by atoms with van der Waals surface area (Å²) < 4.78 is 15.6. The van der Waals surface area contributed by atoms with Crippen LogP contribution in [-0.2, 0) is 0 Å². The van der Waals surface area contributed by atoms with Crippen LogP contribution in [0, 0.1) is 12.7 Å². The summed E-state index contributed by atoms with van der Waals surface area (Å²) in [4.78, 5) is 13.3. The largest absolute Gasteiger partial charge is 0.394 e. The average Bonchev–Trinajstić information content (AvgIpc) is 2.92. The first kappa shape index (κ1) is 16.0. The average molecular weight is 306 g/mol. The Balaban J connectivity index is 2.14. The molecule has 118 valence electrons. The van der Waals surface area contributed by atoms with Crippen LogP contribution in [0.15, 0.2) is 30.6 Å². The van der Waals surface area contributed by atoms with Gasteiger partial charge in [-0.15, -0.1) is 0 Å². The van der Waals surface area contributed by atoms with E-state index in [1.165, 1.54) is 15.6 Å². The van der Waals surface area contributed by atoms with E-state index in [1.807, 2.05) is 6.92 Å². The number of aliphatic hydroxyl groups is 1. The quantitative estimate of drug-likeness (QED) is 0.909. The maximum Gasteiger partial charge on any atom is 0.321 e. The summed E-state index contributed by atoms with van der Waals surface area (Å²) in [6.45, 7) is 3.44. The van der Waals surface area contributed by atoms with Gasteiger partial charge in [0, 0.05) is 18.9 Å². The predicted molar refractivity (Wildman–Crippen MR) is 81.6 cm³/mol. The molecule has 0 radical (unpaired) electrons. The normalized spacial score (nSPS) is 12.0. The molecular weight excluding hydrogens is 287 g/mol. The number of nitrogens with zero attached hydrogens (tertiary/aromatic N) is 3. The van der Waals surface area contributed by atoms with Crippen molar-refractivity contribution in [3.63, 3.8) is 0 Å². The van der Waals surface area contributed by atoms with Gasteiger partial charge >= 0.3 is 6.03 Å². The highest BCUT2D eigenvalue weighted by molar-refractivity contribution is 5.89. The highest BCUT2D eigenvalue weighted by Crippen LogP contribution is 2.18. The molecule has 2 aromatic rings. The van der Waals surface area contributed by atoms with Crippen molar-refractivity contribution in [3.05, 3.63) is 42.0 Å². The van der Waals surface area contributed by atoms with E-state index in [0.717, 1.165) is 5.56 Å². The minimum atomic E-state index is -0.487. The molecule has 0 saturated heterocycles. The number of amides is 2. The summed E-state index contributed by atoms with van der Waals surface area (Å²) in [7, 11) is 1.56. The van der Waals surface area contributed by atoms with Gasteiger partial charge in [-0.05, 0) is 37.6 Å². The summed E-state index contributed by atoms with van der Waals surface area (Å²) in [5.74, 6) is -0.487. The Labute approximate surface area is 128 Å². The number of urea groups is 1. The lowest BCUT2D eigenvalue weighted by molar-refractivity contribution is 0.166. The number of carbonyl (C=O) groups excluding carboxylic acids is 1. The van der Waals surface area contributed by atoms with Gasteiger partial charge < -0.3 is 15.3 Å². The first-order valence-corrected chi connectivity index (χ1v) is 6.88. The number of halogens is 1. The van der Waals surface area contributed by atoms with Crippen LogP contribution in [0.1, 0.15) is 12.5 Å². The van der Waals surface area contributed by atoms with Crippen molar-refractivity contribution in [1.29, 1.82) is 0 Å². The van der Waals surface area contributed by atoms with Gasteiger partial charge in [0.25, 0.3) is 0 Å². The molecule has 6 nitrogen and oxygen atoms in total. The third kappa shape index (κ3) is 3.43. The van der Waals surface area contributed by atoms with Crippen molar-refractivity contribution in [2.24, 2.45) is 0 Å². The van der Waals surface area contributed by atoms with Gasteiger partial charge in [0.05, 0.1) is 18.8 Å². The summed E-state index contributed by atoms with van der Waals surface area (Å²) in [6.07, 6.45) is 3.35. The van der Waals surface area contributed by atoms with Crippen molar-refractivity contribution in [3.8, 4) is 5.69 Å². The van der Waals surface area contributed by atoms with Crippen molar-refractivity contribution in [1.82, 2.24) is 14.7 Å². The number of carbonyl (C=O) groups is 1. The smallest absolute Gasteiger partial charge is 0.321 e. The zero-order chi connectivity index (χ0) is 16.3. The molecule has 1 aromatic carbocycles. The lowest BCUT2D eigenvalue weighted by Gasteiger charge is -2.23. The first-order chi connectivity index (χ1) is 10.4. The van der Waals surface area contributed by atoms with Gasteiger partial charge in [-0.3, -0.25) is 0 Å². The van der Waals surface area contributed by atoms with Crippen LogP contribution in [-0.4, -0.2) is 45.5 Å². The van der Waals surface area contributed by atoms with Gasteiger partial charge in [0.15, 0.2) is 5.82 Å². The highest BCUT2D eigenvalue weighted by Gasteiger charge is 2.15. The van der Waals surface area contributed by atoms with Crippen LogP contribution in [0.2, 0.25) is 0 Å². The second-order valence-corrected chi connectivity index (χ2v) is 5.20. The third-order valence-corrected chi connectivity index (χ3v) is 3.40. The maximum absolute atomic E-state index is 14.2. The van der Waals surface area contributed by atoms with Crippen LogP contribution in [0.4, 0.5) is 14.9 Å². The Kier molecular flexibility index (Phi) is 4.77. The number of aliphatic hydroxyl groups excluding tert-OH is 1. The number of aromatic nitrogens is 2. The third-order valence-electron chi connectivity index (χ3n) is 3.40. The van der Waals surface area contributed by atoms with Gasteiger partial charge in [-0.2, -0.15) is 5.10 Å². The Hall–Kier alpha value is -2.41. The fourth-order valence-corrected chi connectivity index (χ4v) is 1.85. The Bertz CT molecular complexity index is 671. The van der Waals surface area contributed by atoms with Gasteiger partial charge in [-0.25, -0.2) is 13.9 Å². The number of hydrogen-bond acceptors (Lipinski definition) is 3. The number of anilines is 1. The monoisotopic (exact) mass is 306 g/mol. The van der Waals surface area contributed by atoms with E-state index >= 15 is 0 Å². The van der Waals surface area contributed by atoms with Crippen molar-refractivity contribution < 1.29 is 14.3 Å². The first-order valence-electron chi connectivity index (χ1n) is 6.88. The standard InChI is InChI=1S/C15H19FN4O2/c1-10-7-17-20(8-10)14-5-4-12(6-13(14)16)18-15(22)19(3)11(2)9-21/h4-8,11,21H,9H2,1-3H3,(H,18,22). The predicted octanol–water partition coefficient (Wildman–Crippen LogP) is 2.16. The molecular formula is C15H19FN4O2. The second-order valence-electron chi connectivity index (χ2n) is 5.20. The topological polar surface area (TPSA) is 70.4 Å². The molecule has 1 atom stereocenters. The molecule has 7 heteroatoms. The van der Waals surface area contributed by atoms with E-state index in [2.05, 4.69) is 10.4 Å². The van der Waals surface area contributed by atoms with Crippen LogP contribution in [0.25, 0.3) is 5.69 Å². The molecule has 0 aliphatic rings. The summed E-state index contributed by atoms with van der Waals surface area (Å²) in [5, 5.41) is 15.7. The zero-order valence-corrected chi connectivity index (χ0v) is 12.7. The fraction of sp³-hybridized carbons (Fsp3) is 0.333. The van der Waals surface area contributed by atoms with Crippen LogP contribution < -0.4 is 5.32 Å². The van der Waals surface area contributed by atoms with E-state index < -0.39 is 11.8 Å². The van der Waals surface area contributed by atoms with E-state index in [9.17, 15) is 9.18 Å². The Morgan fingerprint density at radius 3 is 2.82 bits per heavy atom. The van der Waals surface area contributed by atoms with Crippen LogP contribution in [0.3, 0.4) is 0 Å². The Morgan fingerprint density at radius 2 is 2.27 bits per heavy atom. The number of hydrogen-bond donors (Lipinski definition) is 2. The summed E-state index contributed by atoms with van der Waals surface area (Å²) >= 11 is 0. The van der Waals surface area contributed by atoms with Crippen molar-refractivity contribution >= 4 is 11.7 Å². The number of nitrogens with one attached hydrogen (secondary N) is 1. The van der Waals surface area contributed by atoms with Crippen molar-refractivity contribution in [2.45, 2.75) is 19.9 Å². The van der Waals surface area contributed by atoms with Gasteiger partial charge in [0.1, 0.15) is 5.69 Å². The molecule has 2 amide bonds. The maximum atomic E-state index is 14.2. The second kappa shape index (κ2) is 6.57. The summed E-state index contributed by atoms with van der Waals surface area (Å²) in [6, 6.07) is 3.65. The SMILES string of the molecule is Cc1cnn(-c2ccc(NC(=O)N(C)C(C)CO)cc2F)c1. The van der Waals surface area contributed by atoms with E-state index in [1.54, 1.807) is 38.5 Å². The molecule has 1 aromatic heterocycles. The van der Waals surface area contributed by atoms with Crippen LogP contribution >= 0.6 is 0 Å². The molecule has 2 N–H and O–H groups in total. The van der Waals surface area contributed by atoms with Crippen molar-refractivity contribution in [2.75, 3.05) is 19.0 Å². The molecule has 0 aliphatic carbocycles. The molecule has 2 rings (SSSR count). The molecule has 0 spiro atoms. The minimum absolute atomic E-state index is 0.143. The zero-order valence-electron chi connectivity index (χ0n) is 12.7. The number of rotatable bonds is 4. The van der Waals surface area contributed by atoms with Crippen LogP contribution in [0.5, 0.6) is 0 Å². The van der Waals surface area contributed by atoms with E-state index in [4.69, 9.17) is 5.11 Å². The molecule has 22 heavy (non-hydrogen) atoms. The lowest BCUT2D eigenvalue weighted by atomic mass is 10.2. The number of likely N-dealkylation sites (N-methyl/N-ethyl adjacent to an activating group) is 1. The molecule has 0 aliphatic heterocycles. The molecule has 0 fully saturated rings. The molecule has 1 unspecified atom stereocenters. The van der Waals surface area contributed by atoms with Gasteiger partial charge in [0.2, 0.25) is 0 Å². The Morgan fingerprint density at radius 1 is 1.55 bits per heavy atom. The summed E-state index contributed by atoms with van der Waals surface area (Å²) in [5.41, 5.74) is 1.58. The minimum Gasteiger partial charge on any atom is -0.394 e. The number of aryl methyl sites for hydroxylation is 1.